The molecule has 0 amide bonds. The van der Waals surface area contributed by atoms with Gasteiger partial charge in [0, 0.05) is 6.08 Å². The van der Waals surface area contributed by atoms with Gasteiger partial charge in [0.05, 0.1) is 12.7 Å². The van der Waals surface area contributed by atoms with Gasteiger partial charge in [-0.1, -0.05) is 6.08 Å². The second-order valence-corrected chi connectivity index (χ2v) is 2.27. The first-order chi connectivity index (χ1) is 4.79. The molecule has 0 radical (unpaired) electrons. The fraction of sp³-hybridized carbons (Fsp3) is 0.571. The van der Waals surface area contributed by atoms with E-state index in [1.54, 1.807) is 6.08 Å². The van der Waals surface area contributed by atoms with Crippen molar-refractivity contribution in [1.82, 2.24) is 0 Å². The van der Waals surface area contributed by atoms with E-state index in [-0.39, 0.29) is 0 Å². The number of hydrogen-bond donors (Lipinski definition) is 1. The SMILES string of the molecule is O=C(O)/C=C/CCC1CO1. The minimum Gasteiger partial charge on any atom is -0.478 e. The monoisotopic (exact) mass is 142 g/mol. The number of rotatable bonds is 4. The zero-order valence-corrected chi connectivity index (χ0v) is 5.62. The Kier molecular flexibility index (Phi) is 2.45. The summed E-state index contributed by atoms with van der Waals surface area (Å²) in [6.45, 7) is 0.848. The third-order valence-corrected chi connectivity index (χ3v) is 1.32. The van der Waals surface area contributed by atoms with Crippen molar-refractivity contribution in [2.45, 2.75) is 18.9 Å². The van der Waals surface area contributed by atoms with E-state index in [0.29, 0.717) is 6.10 Å². The lowest BCUT2D eigenvalue weighted by atomic mass is 10.2. The first-order valence-corrected chi connectivity index (χ1v) is 3.30. The third-order valence-electron chi connectivity index (χ3n) is 1.32. The Hall–Kier alpha value is -0.830. The molecule has 0 saturated carbocycles. The van der Waals surface area contributed by atoms with Crippen LogP contribution >= 0.6 is 0 Å². The quantitative estimate of drug-likeness (QED) is 0.466. The van der Waals surface area contributed by atoms with Gasteiger partial charge in [-0.05, 0) is 12.8 Å². The van der Waals surface area contributed by atoms with E-state index >= 15 is 0 Å². The molecule has 56 valence electrons. The van der Waals surface area contributed by atoms with Gasteiger partial charge >= 0.3 is 5.97 Å². The molecule has 0 aromatic carbocycles. The summed E-state index contributed by atoms with van der Waals surface area (Å²) in [5.41, 5.74) is 0. The fourth-order valence-electron chi connectivity index (χ4n) is 0.701. The van der Waals surface area contributed by atoms with E-state index in [4.69, 9.17) is 9.84 Å². The van der Waals surface area contributed by atoms with Crippen LogP contribution in [0.3, 0.4) is 0 Å². The number of hydrogen-bond acceptors (Lipinski definition) is 2. The second-order valence-electron chi connectivity index (χ2n) is 2.27. The summed E-state index contributed by atoms with van der Waals surface area (Å²) in [7, 11) is 0. The molecule has 1 N–H and O–H groups in total. The molecule has 1 fully saturated rings. The van der Waals surface area contributed by atoms with Gasteiger partial charge in [-0.3, -0.25) is 0 Å². The van der Waals surface area contributed by atoms with Crippen LogP contribution in [0, 0.1) is 0 Å². The van der Waals surface area contributed by atoms with Crippen LogP contribution in [-0.4, -0.2) is 23.8 Å². The van der Waals surface area contributed by atoms with Gasteiger partial charge in [-0.15, -0.1) is 0 Å². The van der Waals surface area contributed by atoms with Crippen molar-refractivity contribution < 1.29 is 14.6 Å². The average Bonchev–Trinajstić information content (AvgIpc) is 2.62. The summed E-state index contributed by atoms with van der Waals surface area (Å²) < 4.78 is 4.93. The van der Waals surface area contributed by atoms with Crippen LogP contribution in [0.1, 0.15) is 12.8 Å². The topological polar surface area (TPSA) is 49.8 Å². The number of carboxylic acids is 1. The maximum absolute atomic E-state index is 9.94. The van der Waals surface area contributed by atoms with E-state index < -0.39 is 5.97 Å². The number of carboxylic acid groups (broad SMARTS) is 1. The minimum atomic E-state index is -0.878. The van der Waals surface area contributed by atoms with Crippen LogP contribution in [-0.2, 0) is 9.53 Å². The Balaban J connectivity index is 1.97. The highest BCUT2D eigenvalue weighted by molar-refractivity contribution is 5.79. The molecule has 1 unspecified atom stereocenters. The first kappa shape index (κ1) is 7.28. The molecule has 0 aromatic rings. The van der Waals surface area contributed by atoms with Crippen molar-refractivity contribution in [2.24, 2.45) is 0 Å². The predicted octanol–water partition coefficient (Wildman–Crippen LogP) is 0.806. The summed E-state index contributed by atoms with van der Waals surface area (Å²) in [5, 5.41) is 8.18. The maximum Gasteiger partial charge on any atom is 0.327 e. The Bertz CT molecular complexity index is 147. The lowest BCUT2D eigenvalue weighted by molar-refractivity contribution is -0.131. The summed E-state index contributed by atoms with van der Waals surface area (Å²) in [6.07, 6.45) is 4.98. The van der Waals surface area contributed by atoms with Gasteiger partial charge in [-0.2, -0.15) is 0 Å². The molecule has 3 heteroatoms. The van der Waals surface area contributed by atoms with E-state index in [1.165, 1.54) is 6.08 Å². The molecule has 1 atom stereocenters. The molecule has 1 heterocycles. The average molecular weight is 142 g/mol. The van der Waals surface area contributed by atoms with E-state index in [1.807, 2.05) is 0 Å². The van der Waals surface area contributed by atoms with Crippen LogP contribution < -0.4 is 0 Å². The van der Waals surface area contributed by atoms with Gasteiger partial charge in [-0.25, -0.2) is 4.79 Å². The van der Waals surface area contributed by atoms with Crippen molar-refractivity contribution in [2.75, 3.05) is 6.61 Å². The van der Waals surface area contributed by atoms with Crippen molar-refractivity contribution in [1.29, 1.82) is 0 Å². The van der Waals surface area contributed by atoms with E-state index in [0.717, 1.165) is 19.4 Å². The Labute approximate surface area is 59.3 Å². The van der Waals surface area contributed by atoms with Crippen molar-refractivity contribution in [3.8, 4) is 0 Å². The van der Waals surface area contributed by atoms with Gasteiger partial charge < -0.3 is 9.84 Å². The Morgan fingerprint density at radius 2 is 2.50 bits per heavy atom. The molecule has 10 heavy (non-hydrogen) atoms. The molecule has 1 saturated heterocycles. The summed E-state index contributed by atoms with van der Waals surface area (Å²) in [5.74, 6) is -0.878. The lowest BCUT2D eigenvalue weighted by Crippen LogP contribution is -1.87. The standard InChI is InChI=1S/C7H10O3/c8-7(9)4-2-1-3-6-5-10-6/h2,4,6H,1,3,5H2,(H,8,9)/b4-2+. The highest BCUT2D eigenvalue weighted by Crippen LogP contribution is 2.15. The second kappa shape index (κ2) is 3.37. The van der Waals surface area contributed by atoms with Crippen LogP contribution in [0.15, 0.2) is 12.2 Å². The predicted molar refractivity (Wildman–Crippen MR) is 35.7 cm³/mol. The normalized spacial score (nSPS) is 23.4. The maximum atomic E-state index is 9.94. The Morgan fingerprint density at radius 3 is 3.00 bits per heavy atom. The molecular weight excluding hydrogens is 132 g/mol. The molecular formula is C7H10O3. The van der Waals surface area contributed by atoms with Crippen LogP contribution in [0.5, 0.6) is 0 Å². The highest BCUT2D eigenvalue weighted by atomic mass is 16.6. The first-order valence-electron chi connectivity index (χ1n) is 3.30. The minimum absolute atomic E-state index is 0.401. The van der Waals surface area contributed by atoms with Crippen LogP contribution in [0.4, 0.5) is 0 Å². The third kappa shape index (κ3) is 3.25. The molecule has 1 aliphatic heterocycles. The van der Waals surface area contributed by atoms with Crippen molar-refractivity contribution >= 4 is 5.97 Å². The summed E-state index contributed by atoms with van der Waals surface area (Å²) >= 11 is 0. The molecule has 0 aliphatic carbocycles. The van der Waals surface area contributed by atoms with Crippen molar-refractivity contribution in [3.63, 3.8) is 0 Å². The van der Waals surface area contributed by atoms with Crippen molar-refractivity contribution in [3.05, 3.63) is 12.2 Å². The lowest BCUT2D eigenvalue weighted by Gasteiger charge is -1.85. The molecule has 3 nitrogen and oxygen atoms in total. The molecule has 1 aliphatic rings. The largest absolute Gasteiger partial charge is 0.478 e. The number of aliphatic carboxylic acids is 1. The van der Waals surface area contributed by atoms with Gasteiger partial charge in [0.15, 0.2) is 0 Å². The van der Waals surface area contributed by atoms with Gasteiger partial charge in [0.25, 0.3) is 0 Å². The number of epoxide rings is 1. The van der Waals surface area contributed by atoms with E-state index in [2.05, 4.69) is 0 Å². The van der Waals surface area contributed by atoms with Gasteiger partial charge in [0.1, 0.15) is 0 Å². The number of ether oxygens (including phenoxy) is 1. The van der Waals surface area contributed by atoms with Gasteiger partial charge in [0.2, 0.25) is 0 Å². The molecule has 0 bridgehead atoms. The molecule has 0 spiro atoms. The zero-order chi connectivity index (χ0) is 7.40. The number of allylic oxidation sites excluding steroid dienone is 1. The zero-order valence-electron chi connectivity index (χ0n) is 5.62. The molecule has 1 rings (SSSR count). The summed E-state index contributed by atoms with van der Waals surface area (Å²) in [6, 6.07) is 0. The van der Waals surface area contributed by atoms with Crippen LogP contribution in [0.2, 0.25) is 0 Å². The summed E-state index contributed by atoms with van der Waals surface area (Å²) in [4.78, 5) is 9.94. The van der Waals surface area contributed by atoms with E-state index in [9.17, 15) is 4.79 Å². The Morgan fingerprint density at radius 1 is 1.80 bits per heavy atom. The number of carbonyl (C=O) groups is 1. The smallest absolute Gasteiger partial charge is 0.327 e. The fourth-order valence-corrected chi connectivity index (χ4v) is 0.701. The highest BCUT2D eigenvalue weighted by Gasteiger charge is 2.20. The molecule has 0 aromatic heterocycles. The van der Waals surface area contributed by atoms with Crippen LogP contribution in [0.25, 0.3) is 0 Å².